The molecule has 0 heterocycles. The molecule has 1 rings (SSSR count). The number of ketones is 1. The van der Waals surface area contributed by atoms with Gasteiger partial charge in [-0.25, -0.2) is 0 Å². The molecule has 0 spiro atoms. The van der Waals surface area contributed by atoms with Crippen molar-refractivity contribution in [1.29, 1.82) is 0 Å². The SMILES string of the molecule is CC(=O)/C=C(/C)[N-]CCN(C)C.Oc1ccccc1.[Zn+2]. The number of phenols is 1. The molecule has 0 aromatic heterocycles. The molecule has 0 unspecified atom stereocenters. The van der Waals surface area contributed by atoms with Crippen LogP contribution in [0.25, 0.3) is 5.32 Å². The number of benzene rings is 1. The average molecular weight is 329 g/mol. The first kappa shape index (κ1) is 21.1. The van der Waals surface area contributed by atoms with Gasteiger partial charge in [0.1, 0.15) is 5.75 Å². The first-order chi connectivity index (χ1) is 8.91. The largest absolute Gasteiger partial charge is 2.00 e. The Morgan fingerprint density at radius 3 is 2.15 bits per heavy atom. The fraction of sp³-hybridized carbons (Fsp3) is 0.400. The van der Waals surface area contributed by atoms with Crippen LogP contribution in [0.5, 0.6) is 5.75 Å². The van der Waals surface area contributed by atoms with E-state index in [4.69, 9.17) is 5.11 Å². The van der Waals surface area contributed by atoms with Gasteiger partial charge in [0.2, 0.25) is 0 Å². The molecule has 0 saturated carbocycles. The van der Waals surface area contributed by atoms with Gasteiger partial charge in [0.25, 0.3) is 0 Å². The Bertz CT molecular complexity index is 392. The molecule has 0 radical (unpaired) electrons. The van der Waals surface area contributed by atoms with Gasteiger partial charge in [0.05, 0.1) is 0 Å². The van der Waals surface area contributed by atoms with Crippen LogP contribution in [0, 0.1) is 0 Å². The molecule has 1 aromatic rings. The monoisotopic (exact) mass is 327 g/mol. The van der Waals surface area contributed by atoms with Crippen molar-refractivity contribution in [1.82, 2.24) is 4.90 Å². The van der Waals surface area contributed by atoms with Crippen LogP contribution >= 0.6 is 0 Å². The fourth-order valence-electron chi connectivity index (χ4n) is 1.19. The van der Waals surface area contributed by atoms with Gasteiger partial charge in [-0.2, -0.15) is 5.70 Å². The zero-order chi connectivity index (χ0) is 14.7. The summed E-state index contributed by atoms with van der Waals surface area (Å²) in [4.78, 5) is 12.7. The van der Waals surface area contributed by atoms with E-state index in [0.29, 0.717) is 5.75 Å². The van der Waals surface area contributed by atoms with Crippen molar-refractivity contribution in [3.05, 3.63) is 47.4 Å². The van der Waals surface area contributed by atoms with Crippen molar-refractivity contribution < 1.29 is 29.4 Å². The van der Waals surface area contributed by atoms with E-state index in [1.165, 1.54) is 6.92 Å². The van der Waals surface area contributed by atoms with E-state index in [1.807, 2.05) is 27.1 Å². The second-order valence-corrected chi connectivity index (χ2v) is 4.42. The van der Waals surface area contributed by atoms with Gasteiger partial charge in [0, 0.05) is 0 Å². The number of rotatable bonds is 5. The van der Waals surface area contributed by atoms with E-state index < -0.39 is 0 Å². The fourth-order valence-corrected chi connectivity index (χ4v) is 1.19. The molecule has 0 saturated heterocycles. The van der Waals surface area contributed by atoms with Crippen molar-refractivity contribution in [3.8, 4) is 5.75 Å². The predicted octanol–water partition coefficient (Wildman–Crippen LogP) is 2.80. The first-order valence-corrected chi connectivity index (χ1v) is 6.17. The molecule has 1 N–H and O–H groups in total. The minimum Gasteiger partial charge on any atom is -0.687 e. The minimum atomic E-state index is 0. The number of aromatic hydroxyl groups is 1. The number of carbonyl (C=O) groups excluding carboxylic acids is 1. The molecule has 4 nitrogen and oxygen atoms in total. The van der Waals surface area contributed by atoms with Crippen LogP contribution in [0.2, 0.25) is 0 Å². The maximum Gasteiger partial charge on any atom is 2.00 e. The summed E-state index contributed by atoms with van der Waals surface area (Å²) in [6.07, 6.45) is 1.55. The maximum absolute atomic E-state index is 10.6. The summed E-state index contributed by atoms with van der Waals surface area (Å²) >= 11 is 0. The molecule has 1 aromatic carbocycles. The van der Waals surface area contributed by atoms with Crippen LogP contribution < -0.4 is 0 Å². The Morgan fingerprint density at radius 1 is 1.25 bits per heavy atom. The minimum absolute atomic E-state index is 0. The molecule has 0 bridgehead atoms. The molecule has 0 aliphatic heterocycles. The number of carbonyl (C=O) groups is 1. The summed E-state index contributed by atoms with van der Waals surface area (Å²) in [6.45, 7) is 5.05. The molecular weight excluding hydrogens is 306 g/mol. The van der Waals surface area contributed by atoms with E-state index in [-0.39, 0.29) is 25.3 Å². The standard InChI is InChI=1S/C9H18N2O.C6H6O.Zn/c1-8(7-9(2)12)10-5-6-11(3)4;7-6-4-2-1-3-5-6;/h7H,5-6H2,1-4H3,(H,10,12);1-5,7H;/q;;+2/p-1. The summed E-state index contributed by atoms with van der Waals surface area (Å²) in [6, 6.07) is 8.71. The second kappa shape index (κ2) is 12.8. The molecule has 20 heavy (non-hydrogen) atoms. The van der Waals surface area contributed by atoms with Gasteiger partial charge in [-0.1, -0.05) is 25.1 Å². The molecule has 0 atom stereocenters. The quantitative estimate of drug-likeness (QED) is 0.668. The van der Waals surface area contributed by atoms with Gasteiger partial charge in [-0.3, -0.25) is 4.79 Å². The Hall–Kier alpha value is -1.19. The third-order valence-electron chi connectivity index (χ3n) is 2.08. The molecule has 106 valence electrons. The van der Waals surface area contributed by atoms with Gasteiger partial charge >= 0.3 is 19.5 Å². The second-order valence-electron chi connectivity index (χ2n) is 4.42. The number of allylic oxidation sites excluding steroid dienone is 2. The van der Waals surface area contributed by atoms with Crippen molar-refractivity contribution >= 4 is 5.78 Å². The van der Waals surface area contributed by atoms with Crippen LogP contribution in [0.1, 0.15) is 13.8 Å². The van der Waals surface area contributed by atoms with Gasteiger partial charge in [-0.15, -0.1) is 6.54 Å². The Kier molecular flexibility index (Phi) is 13.5. The van der Waals surface area contributed by atoms with Crippen LogP contribution in [-0.4, -0.2) is 43.0 Å². The van der Waals surface area contributed by atoms with Gasteiger partial charge in [0.15, 0.2) is 5.78 Å². The third kappa shape index (κ3) is 14.9. The maximum atomic E-state index is 10.6. The molecule has 5 heteroatoms. The van der Waals surface area contributed by atoms with E-state index in [9.17, 15) is 4.79 Å². The summed E-state index contributed by atoms with van der Waals surface area (Å²) in [5.41, 5.74) is 0.810. The number of likely N-dealkylation sites (N-methyl/N-ethyl adjacent to an activating group) is 1. The predicted molar refractivity (Wildman–Crippen MR) is 79.3 cm³/mol. The smallest absolute Gasteiger partial charge is 0.687 e. The number of nitrogens with zero attached hydrogens (tertiary/aromatic N) is 2. The number of hydrogen-bond acceptors (Lipinski definition) is 3. The molecule has 0 amide bonds. The molecule has 0 aliphatic rings. The van der Waals surface area contributed by atoms with E-state index in [2.05, 4.69) is 10.2 Å². The molecule has 0 fully saturated rings. The van der Waals surface area contributed by atoms with E-state index in [0.717, 1.165) is 18.8 Å². The molecular formula is C15H23N2O2Zn+. The topological polar surface area (TPSA) is 54.6 Å². The summed E-state index contributed by atoms with van der Waals surface area (Å²) in [7, 11) is 4.00. The summed E-state index contributed by atoms with van der Waals surface area (Å²) in [5, 5.41) is 12.8. The van der Waals surface area contributed by atoms with Crippen LogP contribution in [0.15, 0.2) is 42.1 Å². The van der Waals surface area contributed by atoms with Crippen LogP contribution in [0.4, 0.5) is 0 Å². The molecule has 0 aliphatic carbocycles. The van der Waals surface area contributed by atoms with Crippen molar-refractivity contribution in [2.45, 2.75) is 13.8 Å². The van der Waals surface area contributed by atoms with Crippen molar-refractivity contribution in [3.63, 3.8) is 0 Å². The van der Waals surface area contributed by atoms with Crippen LogP contribution in [-0.2, 0) is 24.3 Å². The van der Waals surface area contributed by atoms with Gasteiger partial charge in [-0.05, 0) is 45.8 Å². The number of phenolic OH excluding ortho intramolecular Hbond substituents is 1. The van der Waals surface area contributed by atoms with E-state index >= 15 is 0 Å². The normalized spacial score (nSPS) is 10.2. The number of para-hydroxylation sites is 1. The van der Waals surface area contributed by atoms with E-state index in [1.54, 1.807) is 30.3 Å². The zero-order valence-electron chi connectivity index (χ0n) is 12.8. The summed E-state index contributed by atoms with van der Waals surface area (Å²) < 4.78 is 0. The van der Waals surface area contributed by atoms with Gasteiger partial charge < -0.3 is 15.3 Å². The Morgan fingerprint density at radius 2 is 1.80 bits per heavy atom. The first-order valence-electron chi connectivity index (χ1n) is 6.17. The zero-order valence-corrected chi connectivity index (χ0v) is 15.8. The Labute approximate surface area is 134 Å². The van der Waals surface area contributed by atoms with Crippen molar-refractivity contribution in [2.75, 3.05) is 27.2 Å². The summed E-state index contributed by atoms with van der Waals surface area (Å²) in [5.74, 6) is 0.378. The van der Waals surface area contributed by atoms with Crippen LogP contribution in [0.3, 0.4) is 0 Å². The average Bonchev–Trinajstić information content (AvgIpc) is 2.29. The Balaban J connectivity index is 0. The third-order valence-corrected chi connectivity index (χ3v) is 2.08. The number of hydrogen-bond donors (Lipinski definition) is 1. The van der Waals surface area contributed by atoms with Crippen molar-refractivity contribution in [2.24, 2.45) is 0 Å².